The standard InChI is InChI=1S/C10H11NO2/c12-10-8-11(6-7-13-10)9-4-2-1-3-5-9/h1-5H,6-8H2. The fourth-order valence-electron chi connectivity index (χ4n) is 1.41. The lowest BCUT2D eigenvalue weighted by molar-refractivity contribution is -0.143. The number of benzene rings is 1. The third kappa shape index (κ3) is 1.80. The van der Waals surface area contributed by atoms with Crippen LogP contribution in [0.4, 0.5) is 5.69 Å². The van der Waals surface area contributed by atoms with Crippen LogP contribution in [0.15, 0.2) is 30.3 Å². The highest BCUT2D eigenvalue weighted by atomic mass is 16.5. The summed E-state index contributed by atoms with van der Waals surface area (Å²) >= 11 is 0. The Morgan fingerprint density at radius 1 is 1.23 bits per heavy atom. The summed E-state index contributed by atoms with van der Waals surface area (Å²) in [6.45, 7) is 1.65. The SMILES string of the molecule is O=C1CN(c2ccccc2)CCO1. The molecule has 0 amide bonds. The number of cyclic esters (lactones) is 1. The van der Waals surface area contributed by atoms with Crippen molar-refractivity contribution in [1.82, 2.24) is 0 Å². The molecule has 0 spiro atoms. The van der Waals surface area contributed by atoms with E-state index in [9.17, 15) is 4.79 Å². The van der Waals surface area contributed by atoms with Crippen molar-refractivity contribution in [1.29, 1.82) is 0 Å². The van der Waals surface area contributed by atoms with Crippen LogP contribution in [0.1, 0.15) is 0 Å². The highest BCUT2D eigenvalue weighted by Gasteiger charge is 2.17. The molecule has 1 aromatic carbocycles. The Labute approximate surface area is 76.9 Å². The van der Waals surface area contributed by atoms with E-state index in [1.54, 1.807) is 0 Å². The molecule has 1 heterocycles. The number of anilines is 1. The average molecular weight is 177 g/mol. The number of morpholine rings is 1. The quantitative estimate of drug-likeness (QED) is 0.600. The highest BCUT2D eigenvalue weighted by Crippen LogP contribution is 2.14. The van der Waals surface area contributed by atoms with Crippen LogP contribution < -0.4 is 4.90 Å². The second kappa shape index (κ2) is 3.47. The van der Waals surface area contributed by atoms with Crippen LogP contribution in [0.25, 0.3) is 0 Å². The van der Waals surface area contributed by atoms with E-state index in [0.29, 0.717) is 13.2 Å². The maximum Gasteiger partial charge on any atom is 0.325 e. The molecule has 0 saturated carbocycles. The zero-order chi connectivity index (χ0) is 9.10. The highest BCUT2D eigenvalue weighted by molar-refractivity contribution is 5.76. The number of hydrogen-bond acceptors (Lipinski definition) is 3. The fraction of sp³-hybridized carbons (Fsp3) is 0.300. The van der Waals surface area contributed by atoms with Gasteiger partial charge in [0.1, 0.15) is 13.2 Å². The Morgan fingerprint density at radius 3 is 2.69 bits per heavy atom. The van der Waals surface area contributed by atoms with E-state index < -0.39 is 0 Å². The van der Waals surface area contributed by atoms with Crippen molar-refractivity contribution in [2.24, 2.45) is 0 Å². The third-order valence-corrected chi connectivity index (χ3v) is 2.07. The Hall–Kier alpha value is -1.51. The van der Waals surface area contributed by atoms with Crippen LogP contribution in [0.5, 0.6) is 0 Å². The van der Waals surface area contributed by atoms with Crippen LogP contribution in [0, 0.1) is 0 Å². The number of nitrogens with zero attached hydrogens (tertiary/aromatic N) is 1. The first-order valence-corrected chi connectivity index (χ1v) is 4.32. The molecule has 0 atom stereocenters. The molecule has 1 fully saturated rings. The summed E-state index contributed by atoms with van der Waals surface area (Å²) in [4.78, 5) is 13.0. The van der Waals surface area contributed by atoms with Crippen molar-refractivity contribution < 1.29 is 9.53 Å². The molecule has 1 saturated heterocycles. The number of rotatable bonds is 1. The minimum Gasteiger partial charge on any atom is -0.462 e. The summed E-state index contributed by atoms with van der Waals surface area (Å²) in [5.41, 5.74) is 1.08. The van der Waals surface area contributed by atoms with Gasteiger partial charge in [0.05, 0.1) is 6.54 Å². The zero-order valence-electron chi connectivity index (χ0n) is 7.27. The molecule has 3 heteroatoms. The van der Waals surface area contributed by atoms with E-state index in [1.807, 2.05) is 35.2 Å². The topological polar surface area (TPSA) is 29.5 Å². The predicted molar refractivity (Wildman–Crippen MR) is 49.6 cm³/mol. The lowest BCUT2D eigenvalue weighted by atomic mass is 10.2. The normalized spacial score (nSPS) is 16.9. The Kier molecular flexibility index (Phi) is 2.17. The second-order valence-electron chi connectivity index (χ2n) is 2.98. The van der Waals surface area contributed by atoms with Gasteiger partial charge >= 0.3 is 5.97 Å². The third-order valence-electron chi connectivity index (χ3n) is 2.07. The molecule has 0 aromatic heterocycles. The van der Waals surface area contributed by atoms with Gasteiger partial charge in [-0.25, -0.2) is 0 Å². The molecule has 13 heavy (non-hydrogen) atoms. The van der Waals surface area contributed by atoms with Crippen LogP contribution in [-0.2, 0) is 9.53 Å². The summed E-state index contributed by atoms with van der Waals surface area (Å²) < 4.78 is 4.85. The molecule has 3 nitrogen and oxygen atoms in total. The van der Waals surface area contributed by atoms with Crippen molar-refractivity contribution in [2.45, 2.75) is 0 Å². The summed E-state index contributed by atoms with van der Waals surface area (Å²) in [7, 11) is 0. The van der Waals surface area contributed by atoms with Crippen LogP contribution in [-0.4, -0.2) is 25.7 Å². The molecule has 2 rings (SSSR count). The van der Waals surface area contributed by atoms with Crippen molar-refractivity contribution in [3.05, 3.63) is 30.3 Å². The maximum absolute atomic E-state index is 11.0. The molecular weight excluding hydrogens is 166 g/mol. The molecule has 1 aliphatic rings. The van der Waals surface area contributed by atoms with Crippen molar-refractivity contribution in [2.75, 3.05) is 24.6 Å². The van der Waals surface area contributed by atoms with Gasteiger partial charge in [0.15, 0.2) is 0 Å². The molecule has 0 N–H and O–H groups in total. The van der Waals surface area contributed by atoms with Gasteiger partial charge < -0.3 is 9.64 Å². The maximum atomic E-state index is 11.0. The lowest BCUT2D eigenvalue weighted by Crippen LogP contribution is -2.39. The summed E-state index contributed by atoms with van der Waals surface area (Å²) in [6, 6.07) is 9.90. The van der Waals surface area contributed by atoms with E-state index in [1.165, 1.54) is 0 Å². The average Bonchev–Trinajstić information content (AvgIpc) is 2.19. The lowest BCUT2D eigenvalue weighted by Gasteiger charge is -2.27. The van der Waals surface area contributed by atoms with E-state index in [2.05, 4.69) is 0 Å². The molecule has 68 valence electrons. The molecule has 0 radical (unpaired) electrons. The zero-order valence-corrected chi connectivity index (χ0v) is 7.27. The number of para-hydroxylation sites is 1. The van der Waals surface area contributed by atoms with E-state index in [-0.39, 0.29) is 5.97 Å². The van der Waals surface area contributed by atoms with Gasteiger partial charge in [0.25, 0.3) is 0 Å². The van der Waals surface area contributed by atoms with Crippen molar-refractivity contribution in [3.63, 3.8) is 0 Å². The van der Waals surface area contributed by atoms with Gasteiger partial charge in [-0.1, -0.05) is 18.2 Å². The van der Waals surface area contributed by atoms with Crippen LogP contribution in [0.2, 0.25) is 0 Å². The van der Waals surface area contributed by atoms with Gasteiger partial charge in [-0.15, -0.1) is 0 Å². The smallest absolute Gasteiger partial charge is 0.325 e. The second-order valence-corrected chi connectivity index (χ2v) is 2.98. The predicted octanol–water partition coefficient (Wildman–Crippen LogP) is 1.05. The van der Waals surface area contributed by atoms with E-state index >= 15 is 0 Å². The molecule has 1 aliphatic heterocycles. The molecule has 0 aliphatic carbocycles. The Morgan fingerprint density at radius 2 is 2.00 bits per heavy atom. The monoisotopic (exact) mass is 177 g/mol. The first-order valence-electron chi connectivity index (χ1n) is 4.32. The molecule has 1 aromatic rings. The van der Waals surface area contributed by atoms with Gasteiger partial charge in [0, 0.05) is 5.69 Å². The van der Waals surface area contributed by atoms with Crippen molar-refractivity contribution in [3.8, 4) is 0 Å². The summed E-state index contributed by atoms with van der Waals surface area (Å²) in [6.07, 6.45) is 0. The Bertz CT molecular complexity index is 297. The van der Waals surface area contributed by atoms with E-state index in [4.69, 9.17) is 4.74 Å². The fourth-order valence-corrected chi connectivity index (χ4v) is 1.41. The van der Waals surface area contributed by atoms with Crippen LogP contribution >= 0.6 is 0 Å². The van der Waals surface area contributed by atoms with E-state index in [0.717, 1.165) is 12.2 Å². The van der Waals surface area contributed by atoms with Crippen LogP contribution in [0.3, 0.4) is 0 Å². The first kappa shape index (κ1) is 8.10. The van der Waals surface area contributed by atoms with Gasteiger partial charge in [-0.3, -0.25) is 4.79 Å². The number of carbonyl (C=O) groups is 1. The number of hydrogen-bond donors (Lipinski definition) is 0. The number of esters is 1. The summed E-state index contributed by atoms with van der Waals surface area (Å²) in [5.74, 6) is -0.143. The van der Waals surface area contributed by atoms with Gasteiger partial charge in [-0.2, -0.15) is 0 Å². The molecule has 0 bridgehead atoms. The van der Waals surface area contributed by atoms with Gasteiger partial charge in [-0.05, 0) is 12.1 Å². The molecule has 0 unspecified atom stereocenters. The minimum absolute atomic E-state index is 0.143. The first-order chi connectivity index (χ1) is 6.36. The van der Waals surface area contributed by atoms with Crippen molar-refractivity contribution >= 4 is 11.7 Å². The Balaban J connectivity index is 2.13. The summed E-state index contributed by atoms with van der Waals surface area (Å²) in [5, 5.41) is 0. The largest absolute Gasteiger partial charge is 0.462 e. The number of ether oxygens (including phenoxy) is 1. The molecular formula is C10H11NO2. The number of carbonyl (C=O) groups excluding carboxylic acids is 1. The van der Waals surface area contributed by atoms with Gasteiger partial charge in [0.2, 0.25) is 0 Å². The minimum atomic E-state index is -0.143.